The zero-order valence-electron chi connectivity index (χ0n) is 15.9. The Bertz CT molecular complexity index is 800. The summed E-state index contributed by atoms with van der Waals surface area (Å²) in [5.41, 5.74) is 7.73. The molecule has 2 aliphatic heterocycles. The molecule has 26 heavy (non-hydrogen) atoms. The van der Waals surface area contributed by atoms with Crippen LogP contribution in [0.5, 0.6) is 0 Å². The van der Waals surface area contributed by atoms with Gasteiger partial charge in [-0.05, 0) is 39.8 Å². The lowest BCUT2D eigenvalue weighted by Gasteiger charge is -2.32. The number of nitrogens with zero attached hydrogens (tertiary/aromatic N) is 4. The second-order valence-corrected chi connectivity index (χ2v) is 7.95. The van der Waals surface area contributed by atoms with Crippen LogP contribution in [0.4, 0.5) is 5.95 Å². The van der Waals surface area contributed by atoms with Crippen molar-refractivity contribution in [1.82, 2.24) is 19.5 Å². The van der Waals surface area contributed by atoms with Crippen LogP contribution in [-0.2, 0) is 20.6 Å². The first kappa shape index (κ1) is 17.7. The maximum atomic E-state index is 6.16. The van der Waals surface area contributed by atoms with Crippen LogP contribution in [0.2, 0.25) is 0 Å². The van der Waals surface area contributed by atoms with Gasteiger partial charge in [-0.2, -0.15) is 0 Å². The van der Waals surface area contributed by atoms with E-state index in [1.54, 1.807) is 0 Å². The van der Waals surface area contributed by atoms with E-state index in [1.165, 1.54) is 0 Å². The monoisotopic (exact) mass is 359 g/mol. The SMILES string of the molecule is CC1(C)OB(c2nc(N)nn3c(CN4CCOCC4)ccc23)OC1(C)C. The zero-order valence-corrected chi connectivity index (χ0v) is 15.9. The number of fused-ring (bicyclic) bond motifs is 1. The van der Waals surface area contributed by atoms with E-state index in [0.29, 0.717) is 5.59 Å². The lowest BCUT2D eigenvalue weighted by molar-refractivity contribution is 0.00578. The van der Waals surface area contributed by atoms with Gasteiger partial charge in [0, 0.05) is 19.6 Å². The summed E-state index contributed by atoms with van der Waals surface area (Å²) in [6.07, 6.45) is 0. The first-order valence-corrected chi connectivity index (χ1v) is 9.07. The molecule has 4 heterocycles. The summed E-state index contributed by atoms with van der Waals surface area (Å²) in [6, 6.07) is 4.07. The summed E-state index contributed by atoms with van der Waals surface area (Å²) in [5, 5.41) is 4.42. The van der Waals surface area contributed by atoms with Crippen LogP contribution >= 0.6 is 0 Å². The van der Waals surface area contributed by atoms with Crippen molar-refractivity contribution in [3.05, 3.63) is 17.8 Å². The molecule has 0 amide bonds. The van der Waals surface area contributed by atoms with Crippen LogP contribution in [0, 0.1) is 0 Å². The molecule has 0 aliphatic carbocycles. The molecule has 2 fully saturated rings. The maximum Gasteiger partial charge on any atom is 0.516 e. The van der Waals surface area contributed by atoms with Gasteiger partial charge in [0.15, 0.2) is 0 Å². The highest BCUT2D eigenvalue weighted by Crippen LogP contribution is 2.36. The van der Waals surface area contributed by atoms with Gasteiger partial charge in [-0.1, -0.05) is 0 Å². The fourth-order valence-corrected chi connectivity index (χ4v) is 3.32. The molecule has 0 bridgehead atoms. The summed E-state index contributed by atoms with van der Waals surface area (Å²) in [7, 11) is -0.570. The van der Waals surface area contributed by atoms with Crippen molar-refractivity contribution in [2.45, 2.75) is 45.4 Å². The normalized spacial score (nSPS) is 23.0. The second kappa shape index (κ2) is 6.19. The zero-order chi connectivity index (χ0) is 18.5. The minimum Gasteiger partial charge on any atom is -0.398 e. The van der Waals surface area contributed by atoms with E-state index in [9.17, 15) is 0 Å². The Morgan fingerprint density at radius 2 is 1.77 bits per heavy atom. The molecular formula is C17H26BN5O3. The number of nitrogens with two attached hydrogens (primary N) is 1. The first-order chi connectivity index (χ1) is 12.3. The molecule has 140 valence electrons. The van der Waals surface area contributed by atoms with Crippen molar-refractivity contribution in [1.29, 1.82) is 0 Å². The van der Waals surface area contributed by atoms with E-state index in [1.807, 2.05) is 38.3 Å². The molecule has 0 spiro atoms. The topological polar surface area (TPSA) is 87.1 Å². The summed E-state index contributed by atoms with van der Waals surface area (Å²) in [4.78, 5) is 6.78. The molecule has 9 heteroatoms. The number of rotatable bonds is 3. The van der Waals surface area contributed by atoms with Gasteiger partial charge >= 0.3 is 7.12 Å². The largest absolute Gasteiger partial charge is 0.516 e. The maximum absolute atomic E-state index is 6.16. The molecule has 2 aliphatic rings. The third kappa shape index (κ3) is 2.98. The van der Waals surface area contributed by atoms with Crippen LogP contribution in [0.3, 0.4) is 0 Å². The first-order valence-electron chi connectivity index (χ1n) is 9.07. The van der Waals surface area contributed by atoms with Gasteiger partial charge in [0.2, 0.25) is 5.95 Å². The number of ether oxygens (including phenoxy) is 1. The molecular weight excluding hydrogens is 333 g/mol. The molecule has 2 aromatic heterocycles. The molecule has 2 aromatic rings. The Labute approximate surface area is 153 Å². The van der Waals surface area contributed by atoms with Gasteiger partial charge in [-0.15, -0.1) is 5.10 Å². The quantitative estimate of drug-likeness (QED) is 0.796. The van der Waals surface area contributed by atoms with Crippen LogP contribution in [-0.4, -0.2) is 64.1 Å². The van der Waals surface area contributed by atoms with Gasteiger partial charge in [0.1, 0.15) is 5.59 Å². The molecule has 0 saturated carbocycles. The van der Waals surface area contributed by atoms with Crippen LogP contribution in [0.15, 0.2) is 12.1 Å². The highest BCUT2D eigenvalue weighted by molar-refractivity contribution is 6.63. The summed E-state index contributed by atoms with van der Waals surface area (Å²) < 4.78 is 19.6. The average Bonchev–Trinajstić information content (AvgIpc) is 3.06. The number of hydrogen-bond acceptors (Lipinski definition) is 7. The van der Waals surface area contributed by atoms with Crippen molar-refractivity contribution < 1.29 is 14.0 Å². The van der Waals surface area contributed by atoms with Crippen LogP contribution in [0.25, 0.3) is 5.52 Å². The Morgan fingerprint density at radius 3 is 2.42 bits per heavy atom. The highest BCUT2D eigenvalue weighted by Gasteiger charge is 2.53. The van der Waals surface area contributed by atoms with E-state index < -0.39 is 18.3 Å². The number of anilines is 1. The van der Waals surface area contributed by atoms with Gasteiger partial charge in [-0.3, -0.25) is 4.90 Å². The van der Waals surface area contributed by atoms with Crippen molar-refractivity contribution in [3.8, 4) is 0 Å². The van der Waals surface area contributed by atoms with Gasteiger partial charge < -0.3 is 19.8 Å². The smallest absolute Gasteiger partial charge is 0.398 e. The molecule has 0 atom stereocenters. The predicted molar refractivity (Wildman–Crippen MR) is 99.2 cm³/mol. The Kier molecular flexibility index (Phi) is 4.22. The fraction of sp³-hybridized carbons (Fsp3) is 0.647. The predicted octanol–water partition coefficient (Wildman–Crippen LogP) is 0.443. The Morgan fingerprint density at radius 1 is 1.12 bits per heavy atom. The van der Waals surface area contributed by atoms with E-state index >= 15 is 0 Å². The van der Waals surface area contributed by atoms with E-state index in [2.05, 4.69) is 21.0 Å². The number of nitrogen functional groups attached to an aromatic ring is 1. The molecule has 2 saturated heterocycles. The summed E-state index contributed by atoms with van der Waals surface area (Å²) >= 11 is 0. The highest BCUT2D eigenvalue weighted by atomic mass is 16.7. The standard InChI is InChI=1S/C17H26BN5O3/c1-16(2)17(3,4)26-18(25-16)14-13-6-5-12(23(13)21-15(19)20-14)11-22-7-9-24-10-8-22/h5-6H,7-11H2,1-4H3,(H2,19,21). The minimum absolute atomic E-state index is 0.210. The third-order valence-electron chi connectivity index (χ3n) is 5.60. The molecule has 0 aromatic carbocycles. The van der Waals surface area contributed by atoms with Crippen LogP contribution < -0.4 is 11.3 Å². The minimum atomic E-state index is -0.570. The van der Waals surface area contributed by atoms with Crippen molar-refractivity contribution in [3.63, 3.8) is 0 Å². The number of hydrogen-bond donors (Lipinski definition) is 1. The lowest BCUT2D eigenvalue weighted by atomic mass is 9.84. The molecule has 2 N–H and O–H groups in total. The van der Waals surface area contributed by atoms with E-state index in [-0.39, 0.29) is 5.95 Å². The van der Waals surface area contributed by atoms with Crippen molar-refractivity contribution >= 4 is 24.2 Å². The Balaban J connectivity index is 1.68. The van der Waals surface area contributed by atoms with Gasteiger partial charge in [0.25, 0.3) is 0 Å². The third-order valence-corrected chi connectivity index (χ3v) is 5.60. The average molecular weight is 359 g/mol. The molecule has 0 unspecified atom stereocenters. The fourth-order valence-electron chi connectivity index (χ4n) is 3.32. The number of morpholine rings is 1. The van der Waals surface area contributed by atoms with Crippen molar-refractivity contribution in [2.24, 2.45) is 0 Å². The molecule has 0 radical (unpaired) electrons. The molecule has 8 nitrogen and oxygen atoms in total. The Hall–Kier alpha value is -1.68. The van der Waals surface area contributed by atoms with Gasteiger partial charge in [0.05, 0.1) is 35.6 Å². The van der Waals surface area contributed by atoms with Gasteiger partial charge in [-0.25, -0.2) is 9.50 Å². The van der Waals surface area contributed by atoms with E-state index in [0.717, 1.165) is 44.1 Å². The lowest BCUT2D eigenvalue weighted by Crippen LogP contribution is -2.41. The number of aromatic nitrogens is 3. The molecule has 4 rings (SSSR count). The van der Waals surface area contributed by atoms with Crippen molar-refractivity contribution in [2.75, 3.05) is 32.0 Å². The van der Waals surface area contributed by atoms with E-state index in [4.69, 9.17) is 19.8 Å². The van der Waals surface area contributed by atoms with Crippen LogP contribution in [0.1, 0.15) is 33.4 Å². The summed E-state index contributed by atoms with van der Waals surface area (Å²) in [5.74, 6) is 0.210. The second-order valence-electron chi connectivity index (χ2n) is 7.95. The summed E-state index contributed by atoms with van der Waals surface area (Å²) in [6.45, 7) is 12.2.